The second-order valence-corrected chi connectivity index (χ2v) is 8.02. The van der Waals surface area contributed by atoms with Crippen LogP contribution in [0.25, 0.3) is 0 Å². The predicted molar refractivity (Wildman–Crippen MR) is 90.0 cm³/mol. The number of sulfonamides is 1. The highest BCUT2D eigenvalue weighted by Gasteiger charge is 2.32. The lowest BCUT2D eigenvalue weighted by atomic mass is 10.1. The van der Waals surface area contributed by atoms with Crippen LogP contribution in [-0.2, 0) is 14.8 Å². The molecule has 1 aliphatic heterocycles. The van der Waals surface area contributed by atoms with Crippen LogP contribution in [0.4, 0.5) is 4.39 Å². The van der Waals surface area contributed by atoms with Gasteiger partial charge in [0.05, 0.1) is 17.7 Å². The summed E-state index contributed by atoms with van der Waals surface area (Å²) in [4.78, 5) is 0.0922. The quantitative estimate of drug-likeness (QED) is 0.831. The molecule has 0 spiro atoms. The zero-order valence-electron chi connectivity index (χ0n) is 13.1. The summed E-state index contributed by atoms with van der Waals surface area (Å²) in [6.45, 7) is 2.54. The lowest BCUT2D eigenvalue weighted by Gasteiger charge is -2.32. The Morgan fingerprint density at radius 2 is 1.92 bits per heavy atom. The molecule has 0 aromatic heterocycles. The predicted octanol–water partition coefficient (Wildman–Crippen LogP) is 3.55. The first kappa shape index (κ1) is 17.4. The topological polar surface area (TPSA) is 46.6 Å². The zero-order chi connectivity index (χ0) is 17.3. The average Bonchev–Trinajstić information content (AvgIpc) is 2.55. The number of aryl methyl sites for hydroxylation is 1. The normalized spacial score (nSPS) is 19.4. The van der Waals surface area contributed by atoms with Crippen LogP contribution in [0.2, 0.25) is 5.02 Å². The summed E-state index contributed by atoms with van der Waals surface area (Å²) >= 11 is 6.13. The lowest BCUT2D eigenvalue weighted by molar-refractivity contribution is -0.00258. The molecule has 3 rings (SSSR count). The SMILES string of the molecule is Cc1ccc(S(=O)(=O)N2CCOC(c3ccc(F)cc3)C2)c(Cl)c1. The van der Waals surface area contributed by atoms with E-state index in [1.54, 1.807) is 24.3 Å². The van der Waals surface area contributed by atoms with Crippen molar-refractivity contribution in [3.8, 4) is 0 Å². The molecule has 1 unspecified atom stereocenters. The van der Waals surface area contributed by atoms with E-state index < -0.39 is 16.1 Å². The second-order valence-electron chi connectivity index (χ2n) is 5.71. The van der Waals surface area contributed by atoms with Crippen LogP contribution in [0.15, 0.2) is 47.4 Å². The Morgan fingerprint density at radius 3 is 2.58 bits per heavy atom. The van der Waals surface area contributed by atoms with Crippen molar-refractivity contribution in [1.82, 2.24) is 4.31 Å². The van der Waals surface area contributed by atoms with Crippen molar-refractivity contribution in [3.05, 3.63) is 64.4 Å². The minimum absolute atomic E-state index is 0.0922. The number of ether oxygens (including phenoxy) is 1. The van der Waals surface area contributed by atoms with Gasteiger partial charge in [-0.1, -0.05) is 29.8 Å². The molecular formula is C17H17ClFNO3S. The Bertz CT molecular complexity index is 839. The van der Waals surface area contributed by atoms with Gasteiger partial charge in [0, 0.05) is 13.1 Å². The van der Waals surface area contributed by atoms with Crippen LogP contribution in [-0.4, -0.2) is 32.4 Å². The summed E-state index contributed by atoms with van der Waals surface area (Å²) in [5, 5.41) is 0.208. The molecule has 1 saturated heterocycles. The molecular weight excluding hydrogens is 353 g/mol. The molecule has 1 atom stereocenters. The van der Waals surface area contributed by atoms with Gasteiger partial charge in [-0.25, -0.2) is 12.8 Å². The third-order valence-electron chi connectivity index (χ3n) is 3.98. The van der Waals surface area contributed by atoms with E-state index in [-0.39, 0.29) is 35.4 Å². The van der Waals surface area contributed by atoms with Crippen molar-refractivity contribution in [2.75, 3.05) is 19.7 Å². The van der Waals surface area contributed by atoms with Crippen molar-refractivity contribution >= 4 is 21.6 Å². The van der Waals surface area contributed by atoms with Crippen LogP contribution in [0.1, 0.15) is 17.2 Å². The van der Waals surface area contributed by atoms with E-state index in [0.717, 1.165) is 11.1 Å². The Morgan fingerprint density at radius 1 is 1.21 bits per heavy atom. The maximum atomic E-state index is 13.1. The molecule has 2 aromatic rings. The standard InChI is InChI=1S/C17H17ClFNO3S/c1-12-2-7-17(15(18)10-12)24(21,22)20-8-9-23-16(11-20)13-3-5-14(19)6-4-13/h2-7,10,16H,8-9,11H2,1H3. The van der Waals surface area contributed by atoms with Gasteiger partial charge in [0.15, 0.2) is 0 Å². The van der Waals surface area contributed by atoms with Crippen LogP contribution in [0, 0.1) is 12.7 Å². The van der Waals surface area contributed by atoms with Gasteiger partial charge in [-0.3, -0.25) is 0 Å². The Kier molecular flexibility index (Phi) is 4.92. The Hall–Kier alpha value is -1.47. The number of rotatable bonds is 3. The van der Waals surface area contributed by atoms with E-state index in [9.17, 15) is 12.8 Å². The van der Waals surface area contributed by atoms with Gasteiger partial charge in [-0.05, 0) is 42.3 Å². The molecule has 0 aliphatic carbocycles. The summed E-state index contributed by atoms with van der Waals surface area (Å²) in [6, 6.07) is 10.8. The van der Waals surface area contributed by atoms with Gasteiger partial charge in [-0.15, -0.1) is 0 Å². The van der Waals surface area contributed by atoms with Gasteiger partial charge >= 0.3 is 0 Å². The minimum Gasteiger partial charge on any atom is -0.371 e. The maximum absolute atomic E-state index is 13.1. The van der Waals surface area contributed by atoms with Crippen molar-refractivity contribution in [2.45, 2.75) is 17.9 Å². The van der Waals surface area contributed by atoms with E-state index in [4.69, 9.17) is 16.3 Å². The van der Waals surface area contributed by atoms with Crippen LogP contribution >= 0.6 is 11.6 Å². The monoisotopic (exact) mass is 369 g/mol. The second kappa shape index (κ2) is 6.80. The van der Waals surface area contributed by atoms with Crippen LogP contribution < -0.4 is 0 Å². The number of hydrogen-bond donors (Lipinski definition) is 0. The van der Waals surface area contributed by atoms with Crippen LogP contribution in [0.5, 0.6) is 0 Å². The number of benzene rings is 2. The first-order valence-electron chi connectivity index (χ1n) is 7.51. The molecule has 0 radical (unpaired) electrons. The van der Waals surface area contributed by atoms with E-state index in [1.807, 2.05) is 6.92 Å². The summed E-state index contributed by atoms with van der Waals surface area (Å²) in [7, 11) is -3.71. The molecule has 1 aliphatic rings. The highest BCUT2D eigenvalue weighted by molar-refractivity contribution is 7.89. The number of hydrogen-bond acceptors (Lipinski definition) is 3. The highest BCUT2D eigenvalue weighted by Crippen LogP contribution is 2.30. The summed E-state index contributed by atoms with van der Waals surface area (Å²) in [5.74, 6) is -0.342. The largest absolute Gasteiger partial charge is 0.371 e. The molecule has 1 heterocycles. The fourth-order valence-corrected chi connectivity index (χ4v) is 4.67. The lowest BCUT2D eigenvalue weighted by Crippen LogP contribution is -2.42. The maximum Gasteiger partial charge on any atom is 0.244 e. The Labute approximate surface area is 145 Å². The van der Waals surface area contributed by atoms with Crippen LogP contribution in [0.3, 0.4) is 0 Å². The van der Waals surface area contributed by atoms with Crippen molar-refractivity contribution in [2.24, 2.45) is 0 Å². The van der Waals surface area contributed by atoms with Gasteiger partial charge in [0.2, 0.25) is 10.0 Å². The molecule has 4 nitrogen and oxygen atoms in total. The highest BCUT2D eigenvalue weighted by atomic mass is 35.5. The first-order chi connectivity index (χ1) is 11.4. The summed E-state index contributed by atoms with van der Waals surface area (Å²) in [6.07, 6.45) is -0.432. The molecule has 7 heteroatoms. The Balaban J connectivity index is 1.87. The molecule has 1 fully saturated rings. The third-order valence-corrected chi connectivity index (χ3v) is 6.32. The van der Waals surface area contributed by atoms with Gasteiger partial charge in [0.1, 0.15) is 10.7 Å². The fourth-order valence-electron chi connectivity index (χ4n) is 2.68. The van der Waals surface area contributed by atoms with Crippen molar-refractivity contribution < 1.29 is 17.5 Å². The molecule has 0 saturated carbocycles. The molecule has 0 N–H and O–H groups in total. The zero-order valence-corrected chi connectivity index (χ0v) is 14.6. The van der Waals surface area contributed by atoms with E-state index in [1.165, 1.54) is 22.5 Å². The minimum atomic E-state index is -3.71. The summed E-state index contributed by atoms with van der Waals surface area (Å²) in [5.41, 5.74) is 1.64. The molecule has 0 bridgehead atoms. The first-order valence-corrected chi connectivity index (χ1v) is 9.33. The van der Waals surface area contributed by atoms with E-state index in [2.05, 4.69) is 0 Å². The van der Waals surface area contributed by atoms with E-state index >= 15 is 0 Å². The van der Waals surface area contributed by atoms with Gasteiger partial charge < -0.3 is 4.74 Å². The number of morpholine rings is 1. The summed E-state index contributed by atoms with van der Waals surface area (Å²) < 4.78 is 45.8. The fraction of sp³-hybridized carbons (Fsp3) is 0.294. The van der Waals surface area contributed by atoms with Gasteiger partial charge in [-0.2, -0.15) is 4.31 Å². The molecule has 0 amide bonds. The average molecular weight is 370 g/mol. The number of nitrogens with zero attached hydrogens (tertiary/aromatic N) is 1. The number of halogens is 2. The smallest absolute Gasteiger partial charge is 0.244 e. The van der Waals surface area contributed by atoms with E-state index in [0.29, 0.717) is 0 Å². The molecule has 2 aromatic carbocycles. The van der Waals surface area contributed by atoms with Crippen molar-refractivity contribution in [1.29, 1.82) is 0 Å². The van der Waals surface area contributed by atoms with Gasteiger partial charge in [0.25, 0.3) is 0 Å². The molecule has 128 valence electrons. The molecule has 24 heavy (non-hydrogen) atoms. The van der Waals surface area contributed by atoms with Crippen molar-refractivity contribution in [3.63, 3.8) is 0 Å². The third kappa shape index (κ3) is 3.47.